The summed E-state index contributed by atoms with van der Waals surface area (Å²) in [6, 6.07) is 5.88. The number of nitro benzene ring substituents is 1. The number of hydrogen-bond donors (Lipinski definition) is 0. The summed E-state index contributed by atoms with van der Waals surface area (Å²) in [6.45, 7) is 3.65. The molecule has 6 heteroatoms. The summed E-state index contributed by atoms with van der Waals surface area (Å²) in [4.78, 5) is 26.2. The largest absolute Gasteiger partial charge is 0.433 e. The highest BCUT2D eigenvalue weighted by molar-refractivity contribution is 5.94. The molecule has 1 aromatic carbocycles. The molecule has 1 aromatic heterocycles. The first-order chi connectivity index (χ1) is 9.56. The molecule has 0 bridgehead atoms. The first kappa shape index (κ1) is 13.9. The lowest BCUT2D eigenvalue weighted by molar-refractivity contribution is -0.384. The maximum atomic E-state index is 11.8. The highest BCUT2D eigenvalue weighted by atomic mass is 16.6. The quantitative estimate of drug-likeness (QED) is 0.473. The van der Waals surface area contributed by atoms with E-state index < -0.39 is 4.92 Å². The Morgan fingerprint density at radius 2 is 1.95 bits per heavy atom. The molecule has 0 unspecified atom stereocenters. The third-order valence-electron chi connectivity index (χ3n) is 2.93. The molecule has 0 spiro atoms. The smallest absolute Gasteiger partial charge is 0.269 e. The molecule has 0 N–H and O–H groups in total. The Kier molecular flexibility index (Phi) is 3.93. The lowest BCUT2D eigenvalue weighted by atomic mass is 10.2. The van der Waals surface area contributed by atoms with Gasteiger partial charge in [-0.1, -0.05) is 13.8 Å². The van der Waals surface area contributed by atoms with Gasteiger partial charge >= 0.3 is 0 Å². The lowest BCUT2D eigenvalue weighted by Gasteiger charge is -1.95. The Labute approximate surface area is 115 Å². The molecule has 2 rings (SSSR count). The number of carbonyl (C=O) groups excluding carboxylic acids is 1. The van der Waals surface area contributed by atoms with Gasteiger partial charge in [-0.2, -0.15) is 0 Å². The van der Waals surface area contributed by atoms with Crippen molar-refractivity contribution in [2.24, 2.45) is 0 Å². The normalized spacial score (nSPS) is 10.5. The maximum Gasteiger partial charge on any atom is 0.269 e. The average Bonchev–Trinajstić information content (AvgIpc) is 2.90. The van der Waals surface area contributed by atoms with Crippen LogP contribution in [0.25, 0.3) is 11.5 Å². The van der Waals surface area contributed by atoms with E-state index in [2.05, 4.69) is 4.98 Å². The highest BCUT2D eigenvalue weighted by Gasteiger charge is 2.18. The zero-order chi connectivity index (χ0) is 14.7. The van der Waals surface area contributed by atoms with Gasteiger partial charge in [0.25, 0.3) is 5.69 Å². The second-order valence-corrected chi connectivity index (χ2v) is 4.23. The summed E-state index contributed by atoms with van der Waals surface area (Å²) in [5.41, 5.74) is 1.23. The second kappa shape index (κ2) is 5.64. The van der Waals surface area contributed by atoms with Gasteiger partial charge in [0.1, 0.15) is 0 Å². The molecule has 0 saturated carbocycles. The zero-order valence-corrected chi connectivity index (χ0v) is 11.3. The first-order valence-corrected chi connectivity index (χ1v) is 6.34. The Bertz CT molecular complexity index is 644. The number of rotatable bonds is 5. The summed E-state index contributed by atoms with van der Waals surface area (Å²) in [5.74, 6) is 0.499. The van der Waals surface area contributed by atoms with Crippen LogP contribution in [0.3, 0.4) is 0 Å². The monoisotopic (exact) mass is 274 g/mol. The number of non-ortho nitro benzene ring substituents is 1. The number of nitrogens with zero attached hydrogens (tertiary/aromatic N) is 2. The van der Waals surface area contributed by atoms with E-state index in [1.165, 1.54) is 12.1 Å². The van der Waals surface area contributed by atoms with Crippen LogP contribution in [0.15, 0.2) is 28.7 Å². The summed E-state index contributed by atoms with van der Waals surface area (Å²) in [5, 5.41) is 10.6. The van der Waals surface area contributed by atoms with Gasteiger partial charge in [-0.3, -0.25) is 14.9 Å². The van der Waals surface area contributed by atoms with Crippen LogP contribution >= 0.6 is 0 Å². The number of Topliss-reactive ketones (excluding diaryl/α,β-unsaturated/α-hetero) is 1. The number of benzene rings is 1. The number of carbonyl (C=O) groups is 1. The standard InChI is InChI=1S/C14H14N2O4/c1-3-11-13(12(17)4-2)20-14(15-11)9-5-7-10(8-6-9)16(18)19/h5-8H,3-4H2,1-2H3. The van der Waals surface area contributed by atoms with Gasteiger partial charge in [0, 0.05) is 24.1 Å². The second-order valence-electron chi connectivity index (χ2n) is 4.23. The fourth-order valence-corrected chi connectivity index (χ4v) is 1.82. The summed E-state index contributed by atoms with van der Waals surface area (Å²) in [6.07, 6.45) is 0.944. The van der Waals surface area contributed by atoms with Gasteiger partial charge in [-0.05, 0) is 18.6 Å². The predicted octanol–water partition coefficient (Wildman–Crippen LogP) is 3.40. The van der Waals surface area contributed by atoms with Gasteiger partial charge in [-0.25, -0.2) is 4.98 Å². The Morgan fingerprint density at radius 1 is 1.30 bits per heavy atom. The number of aryl methyl sites for hydroxylation is 1. The Balaban J connectivity index is 2.40. The minimum absolute atomic E-state index is 0.000814. The predicted molar refractivity (Wildman–Crippen MR) is 72.6 cm³/mol. The number of oxazole rings is 1. The molecule has 0 fully saturated rings. The number of hydrogen-bond acceptors (Lipinski definition) is 5. The highest BCUT2D eigenvalue weighted by Crippen LogP contribution is 2.25. The van der Waals surface area contributed by atoms with Crippen LogP contribution in [-0.4, -0.2) is 15.7 Å². The fraction of sp³-hybridized carbons (Fsp3) is 0.286. The van der Waals surface area contributed by atoms with Crippen molar-refractivity contribution in [2.45, 2.75) is 26.7 Å². The Morgan fingerprint density at radius 3 is 2.45 bits per heavy atom. The third kappa shape index (κ3) is 2.59. The number of nitro groups is 1. The molecule has 0 amide bonds. The van der Waals surface area contributed by atoms with Gasteiger partial charge in [-0.15, -0.1) is 0 Å². The van der Waals surface area contributed by atoms with Crippen molar-refractivity contribution in [1.29, 1.82) is 0 Å². The van der Waals surface area contributed by atoms with E-state index in [4.69, 9.17) is 4.42 Å². The van der Waals surface area contributed by atoms with Gasteiger partial charge < -0.3 is 4.42 Å². The van der Waals surface area contributed by atoms with Crippen LogP contribution in [0.5, 0.6) is 0 Å². The van der Waals surface area contributed by atoms with Crippen molar-refractivity contribution in [3.8, 4) is 11.5 Å². The van der Waals surface area contributed by atoms with Crippen molar-refractivity contribution < 1.29 is 14.1 Å². The Hall–Kier alpha value is -2.50. The summed E-state index contributed by atoms with van der Waals surface area (Å²) >= 11 is 0. The van der Waals surface area contributed by atoms with E-state index in [0.29, 0.717) is 30.0 Å². The van der Waals surface area contributed by atoms with Crippen LogP contribution in [-0.2, 0) is 6.42 Å². The van der Waals surface area contributed by atoms with Crippen molar-refractivity contribution in [2.75, 3.05) is 0 Å². The maximum absolute atomic E-state index is 11.8. The van der Waals surface area contributed by atoms with E-state index in [0.717, 1.165) is 0 Å². The van der Waals surface area contributed by atoms with Crippen molar-refractivity contribution in [3.05, 3.63) is 45.8 Å². The topological polar surface area (TPSA) is 86.2 Å². The van der Waals surface area contributed by atoms with Crippen LogP contribution in [0.1, 0.15) is 36.5 Å². The molecular weight excluding hydrogens is 260 g/mol. The summed E-state index contributed by atoms with van der Waals surface area (Å²) in [7, 11) is 0. The molecule has 0 radical (unpaired) electrons. The van der Waals surface area contributed by atoms with Crippen LogP contribution in [0.2, 0.25) is 0 Å². The molecular formula is C14H14N2O4. The minimum Gasteiger partial charge on any atom is -0.433 e. The van der Waals surface area contributed by atoms with Gasteiger partial charge in [0.15, 0.2) is 11.5 Å². The summed E-state index contributed by atoms with van der Waals surface area (Å²) < 4.78 is 5.51. The first-order valence-electron chi connectivity index (χ1n) is 6.34. The van der Waals surface area contributed by atoms with E-state index in [1.807, 2.05) is 6.92 Å². The third-order valence-corrected chi connectivity index (χ3v) is 2.93. The molecule has 2 aromatic rings. The molecule has 104 valence electrons. The molecule has 20 heavy (non-hydrogen) atoms. The van der Waals surface area contributed by atoms with E-state index in [-0.39, 0.29) is 17.2 Å². The molecule has 0 atom stereocenters. The molecule has 6 nitrogen and oxygen atoms in total. The van der Waals surface area contributed by atoms with Crippen molar-refractivity contribution in [3.63, 3.8) is 0 Å². The lowest BCUT2D eigenvalue weighted by Crippen LogP contribution is -1.98. The molecule has 0 aliphatic heterocycles. The number of ketones is 1. The number of aromatic nitrogens is 1. The molecule has 1 heterocycles. The van der Waals surface area contributed by atoms with E-state index >= 15 is 0 Å². The SMILES string of the molecule is CCC(=O)c1oc(-c2ccc([N+](=O)[O-])cc2)nc1CC. The average molecular weight is 274 g/mol. The van der Waals surface area contributed by atoms with Crippen LogP contribution < -0.4 is 0 Å². The zero-order valence-electron chi connectivity index (χ0n) is 11.3. The van der Waals surface area contributed by atoms with Crippen LogP contribution in [0.4, 0.5) is 5.69 Å². The van der Waals surface area contributed by atoms with Gasteiger partial charge in [0.2, 0.25) is 5.89 Å². The fourth-order valence-electron chi connectivity index (χ4n) is 1.82. The van der Waals surface area contributed by atoms with Crippen molar-refractivity contribution >= 4 is 11.5 Å². The van der Waals surface area contributed by atoms with Gasteiger partial charge in [0.05, 0.1) is 10.6 Å². The minimum atomic E-state index is -0.469. The van der Waals surface area contributed by atoms with Crippen LogP contribution in [0, 0.1) is 10.1 Å². The van der Waals surface area contributed by atoms with E-state index in [1.54, 1.807) is 19.1 Å². The molecule has 0 aliphatic carbocycles. The molecule has 0 saturated heterocycles. The van der Waals surface area contributed by atoms with Crippen molar-refractivity contribution in [1.82, 2.24) is 4.98 Å². The molecule has 0 aliphatic rings. The van der Waals surface area contributed by atoms with E-state index in [9.17, 15) is 14.9 Å².